The van der Waals surface area contributed by atoms with Gasteiger partial charge in [-0.1, -0.05) is 51.4 Å². The molecule has 2 rings (SSSR count). The molecular weight excluding hydrogens is 274 g/mol. The first-order valence-corrected chi connectivity index (χ1v) is 7.13. The molecule has 0 spiro atoms. The zero-order valence-electron chi connectivity index (χ0n) is 12.3. The molecule has 1 aromatic heterocycles. The molecule has 0 saturated carbocycles. The molecule has 0 unspecified atom stereocenters. The lowest BCUT2D eigenvalue weighted by Gasteiger charge is -2.24. The second-order valence-electron chi connectivity index (χ2n) is 5.71. The van der Waals surface area contributed by atoms with Crippen LogP contribution in [-0.2, 0) is 18.4 Å². The van der Waals surface area contributed by atoms with Gasteiger partial charge in [-0.25, -0.2) is 0 Å². The molecule has 0 fully saturated rings. The molecule has 0 amide bonds. The molecule has 2 aromatic rings. The smallest absolute Gasteiger partial charge is 0.235 e. The van der Waals surface area contributed by atoms with E-state index in [0.29, 0.717) is 23.3 Å². The van der Waals surface area contributed by atoms with Crippen LogP contribution in [0.5, 0.6) is 0 Å². The van der Waals surface area contributed by atoms with Gasteiger partial charge in [0.05, 0.1) is 17.3 Å². The van der Waals surface area contributed by atoms with E-state index in [2.05, 4.69) is 42.4 Å². The largest absolute Gasteiger partial charge is 0.423 e. The van der Waals surface area contributed by atoms with Crippen LogP contribution in [0.3, 0.4) is 0 Å². The van der Waals surface area contributed by atoms with Crippen LogP contribution < -0.4 is 5.32 Å². The number of anilines is 1. The highest BCUT2D eigenvalue weighted by atomic mass is 35.5. The van der Waals surface area contributed by atoms with E-state index >= 15 is 0 Å². The van der Waals surface area contributed by atoms with Gasteiger partial charge in [-0.3, -0.25) is 0 Å². The second kappa shape index (κ2) is 5.83. The summed E-state index contributed by atoms with van der Waals surface area (Å²) in [5, 5.41) is 12.0. The van der Waals surface area contributed by atoms with Crippen LogP contribution in [0.1, 0.15) is 45.0 Å². The Kier molecular flexibility index (Phi) is 4.33. The molecule has 1 N–H and O–H groups in total. The van der Waals surface area contributed by atoms with Crippen molar-refractivity contribution >= 4 is 17.3 Å². The van der Waals surface area contributed by atoms with Gasteiger partial charge in [0.1, 0.15) is 0 Å². The maximum Gasteiger partial charge on any atom is 0.235 e. The summed E-state index contributed by atoms with van der Waals surface area (Å²) in [7, 11) is 0. The molecule has 0 bridgehead atoms. The molecule has 108 valence electrons. The minimum Gasteiger partial charge on any atom is -0.423 e. The van der Waals surface area contributed by atoms with Crippen LogP contribution in [-0.4, -0.2) is 10.2 Å². The molecule has 0 aliphatic carbocycles. The Morgan fingerprint density at radius 3 is 2.50 bits per heavy atom. The average molecular weight is 294 g/mol. The highest BCUT2D eigenvalue weighted by molar-refractivity contribution is 6.33. The summed E-state index contributed by atoms with van der Waals surface area (Å²) >= 11 is 6.31. The lowest BCUT2D eigenvalue weighted by Crippen LogP contribution is -2.15. The van der Waals surface area contributed by atoms with Crippen molar-refractivity contribution < 1.29 is 4.42 Å². The second-order valence-corrected chi connectivity index (χ2v) is 6.12. The summed E-state index contributed by atoms with van der Waals surface area (Å²) in [6.45, 7) is 8.93. The minimum absolute atomic E-state index is 0.0106. The van der Waals surface area contributed by atoms with Crippen molar-refractivity contribution in [3.63, 3.8) is 0 Å². The van der Waals surface area contributed by atoms with Crippen molar-refractivity contribution in [3.05, 3.63) is 40.6 Å². The molecule has 0 radical (unpaired) electrons. The predicted octanol–water partition coefficient (Wildman–Crippen LogP) is 4.20. The van der Waals surface area contributed by atoms with Gasteiger partial charge in [0.25, 0.3) is 0 Å². The summed E-state index contributed by atoms with van der Waals surface area (Å²) in [4.78, 5) is 0. The van der Waals surface area contributed by atoms with Gasteiger partial charge in [-0.2, -0.15) is 0 Å². The first-order valence-electron chi connectivity index (χ1n) is 6.76. The maximum absolute atomic E-state index is 6.31. The number of halogens is 1. The van der Waals surface area contributed by atoms with Gasteiger partial charge in [0.2, 0.25) is 11.8 Å². The van der Waals surface area contributed by atoms with E-state index in [4.69, 9.17) is 16.0 Å². The number of para-hydroxylation sites is 1. The van der Waals surface area contributed by atoms with E-state index in [1.54, 1.807) is 0 Å². The number of nitrogens with one attached hydrogen (secondary N) is 1. The SMILES string of the molecule is CCc1nnc(CNc2c(Cl)cccc2C(C)(C)C)o1. The lowest BCUT2D eigenvalue weighted by atomic mass is 9.86. The third kappa shape index (κ3) is 3.31. The van der Waals surface area contributed by atoms with Crippen molar-refractivity contribution in [1.82, 2.24) is 10.2 Å². The molecule has 1 heterocycles. The van der Waals surface area contributed by atoms with Crippen LogP contribution in [0.4, 0.5) is 5.69 Å². The number of hydrogen-bond donors (Lipinski definition) is 1. The normalized spacial score (nSPS) is 11.7. The maximum atomic E-state index is 6.31. The quantitative estimate of drug-likeness (QED) is 0.918. The molecular formula is C15H20ClN3O. The Labute approximate surface area is 124 Å². The highest BCUT2D eigenvalue weighted by Gasteiger charge is 2.20. The van der Waals surface area contributed by atoms with E-state index < -0.39 is 0 Å². The van der Waals surface area contributed by atoms with Gasteiger partial charge in [-0.15, -0.1) is 10.2 Å². The van der Waals surface area contributed by atoms with E-state index in [1.807, 2.05) is 19.1 Å². The molecule has 0 atom stereocenters. The summed E-state index contributed by atoms with van der Waals surface area (Å²) < 4.78 is 5.49. The number of nitrogens with zero attached hydrogens (tertiary/aromatic N) is 2. The molecule has 0 aliphatic rings. The third-order valence-corrected chi connectivity index (χ3v) is 3.36. The monoisotopic (exact) mass is 293 g/mol. The summed E-state index contributed by atoms with van der Waals surface area (Å²) in [5.41, 5.74) is 2.11. The fourth-order valence-electron chi connectivity index (χ4n) is 2.00. The van der Waals surface area contributed by atoms with Crippen molar-refractivity contribution in [3.8, 4) is 0 Å². The van der Waals surface area contributed by atoms with Gasteiger partial charge < -0.3 is 9.73 Å². The standard InChI is InChI=1S/C15H20ClN3O/c1-5-12-18-19-13(20-12)9-17-14-10(15(2,3)4)7-6-8-11(14)16/h6-8,17H,5,9H2,1-4H3. The summed E-state index contributed by atoms with van der Waals surface area (Å²) in [5.74, 6) is 1.22. The zero-order chi connectivity index (χ0) is 14.8. The van der Waals surface area contributed by atoms with E-state index in [-0.39, 0.29) is 5.41 Å². The fraction of sp³-hybridized carbons (Fsp3) is 0.467. The first kappa shape index (κ1) is 14.9. The topological polar surface area (TPSA) is 51.0 Å². The number of benzene rings is 1. The molecule has 20 heavy (non-hydrogen) atoms. The average Bonchev–Trinajstić information content (AvgIpc) is 2.84. The predicted molar refractivity (Wildman–Crippen MR) is 81.2 cm³/mol. The molecule has 4 nitrogen and oxygen atoms in total. The van der Waals surface area contributed by atoms with Crippen molar-refractivity contribution in [2.45, 2.75) is 46.1 Å². The number of hydrogen-bond acceptors (Lipinski definition) is 4. The lowest BCUT2D eigenvalue weighted by molar-refractivity contribution is 0.460. The highest BCUT2D eigenvalue weighted by Crippen LogP contribution is 2.34. The number of aryl methyl sites for hydroxylation is 1. The molecule has 5 heteroatoms. The van der Waals surface area contributed by atoms with E-state index in [0.717, 1.165) is 12.1 Å². The molecule has 1 aromatic carbocycles. The van der Waals surface area contributed by atoms with Crippen molar-refractivity contribution in [2.24, 2.45) is 0 Å². The van der Waals surface area contributed by atoms with E-state index in [9.17, 15) is 0 Å². The number of rotatable bonds is 4. The van der Waals surface area contributed by atoms with Crippen LogP contribution in [0, 0.1) is 0 Å². The third-order valence-electron chi connectivity index (χ3n) is 3.05. The van der Waals surface area contributed by atoms with Crippen LogP contribution >= 0.6 is 11.6 Å². The van der Waals surface area contributed by atoms with Gasteiger partial charge in [0, 0.05) is 6.42 Å². The fourth-order valence-corrected chi connectivity index (χ4v) is 2.24. The van der Waals surface area contributed by atoms with Gasteiger partial charge >= 0.3 is 0 Å². The Morgan fingerprint density at radius 1 is 1.20 bits per heavy atom. The Morgan fingerprint density at radius 2 is 1.90 bits per heavy atom. The van der Waals surface area contributed by atoms with Gasteiger partial charge in [0.15, 0.2) is 0 Å². The Bertz CT molecular complexity index is 587. The van der Waals surface area contributed by atoms with Crippen molar-refractivity contribution in [2.75, 3.05) is 5.32 Å². The van der Waals surface area contributed by atoms with Crippen LogP contribution in [0.2, 0.25) is 5.02 Å². The number of aromatic nitrogens is 2. The van der Waals surface area contributed by atoms with E-state index in [1.165, 1.54) is 5.56 Å². The summed E-state index contributed by atoms with van der Waals surface area (Å²) in [6, 6.07) is 5.93. The Hall–Kier alpha value is -1.55. The Balaban J connectivity index is 2.20. The van der Waals surface area contributed by atoms with Crippen LogP contribution in [0.15, 0.2) is 22.6 Å². The zero-order valence-corrected chi connectivity index (χ0v) is 13.1. The molecule has 0 saturated heterocycles. The van der Waals surface area contributed by atoms with Crippen molar-refractivity contribution in [1.29, 1.82) is 0 Å². The molecule has 0 aliphatic heterocycles. The minimum atomic E-state index is 0.0106. The van der Waals surface area contributed by atoms with Crippen LogP contribution in [0.25, 0.3) is 0 Å². The summed E-state index contributed by atoms with van der Waals surface area (Å²) in [6.07, 6.45) is 0.742. The first-order chi connectivity index (χ1) is 9.41. The van der Waals surface area contributed by atoms with Gasteiger partial charge in [-0.05, 0) is 17.0 Å².